The summed E-state index contributed by atoms with van der Waals surface area (Å²) in [6.07, 6.45) is 1.03. The van der Waals surface area contributed by atoms with Crippen molar-refractivity contribution in [1.29, 1.82) is 0 Å². The number of carbonyl (C=O) groups excluding carboxylic acids is 1. The number of anilines is 1. The molecule has 0 radical (unpaired) electrons. The van der Waals surface area contributed by atoms with Gasteiger partial charge in [-0.15, -0.1) is 0 Å². The number of piperidine rings is 1. The van der Waals surface area contributed by atoms with Gasteiger partial charge in [0.15, 0.2) is 0 Å². The van der Waals surface area contributed by atoms with E-state index < -0.39 is 10.0 Å². The van der Waals surface area contributed by atoms with Crippen LogP contribution in [0.3, 0.4) is 0 Å². The standard InChI is InChI=1S/C21H26N2O4S/c1-15-10-16(2)13-23(12-15)28(26,27)20-8-6-18(7-9-20)21(25)22-19-5-3-4-17(11-19)14-24/h3-9,11,15-16,24H,10,12-14H2,1-2H3,(H,22,25)/t15-,16+. The number of hydrogen-bond donors (Lipinski definition) is 2. The molecule has 1 heterocycles. The van der Waals surface area contributed by atoms with Crippen molar-refractivity contribution < 1.29 is 18.3 Å². The second-order valence-electron chi connectivity index (χ2n) is 7.61. The fourth-order valence-corrected chi connectivity index (χ4v) is 5.36. The zero-order chi connectivity index (χ0) is 20.3. The average Bonchev–Trinajstić information content (AvgIpc) is 2.67. The predicted molar refractivity (Wildman–Crippen MR) is 108 cm³/mol. The lowest BCUT2D eigenvalue weighted by Gasteiger charge is -2.34. The number of hydrogen-bond acceptors (Lipinski definition) is 4. The molecule has 7 heteroatoms. The number of carbonyl (C=O) groups is 1. The molecule has 0 saturated carbocycles. The van der Waals surface area contributed by atoms with Crippen molar-refractivity contribution in [2.75, 3.05) is 18.4 Å². The second-order valence-corrected chi connectivity index (χ2v) is 9.54. The molecule has 0 unspecified atom stereocenters. The van der Waals surface area contributed by atoms with Gasteiger partial charge < -0.3 is 10.4 Å². The summed E-state index contributed by atoms with van der Waals surface area (Å²) in [4.78, 5) is 12.6. The molecule has 1 fully saturated rings. The predicted octanol–water partition coefficient (Wildman–Crippen LogP) is 3.10. The number of rotatable bonds is 5. The van der Waals surface area contributed by atoms with E-state index in [0.717, 1.165) is 6.42 Å². The molecule has 1 amide bonds. The number of benzene rings is 2. The molecule has 28 heavy (non-hydrogen) atoms. The number of aliphatic hydroxyl groups is 1. The van der Waals surface area contributed by atoms with Crippen molar-refractivity contribution in [2.45, 2.75) is 31.8 Å². The van der Waals surface area contributed by atoms with E-state index in [1.807, 2.05) is 0 Å². The summed E-state index contributed by atoms with van der Waals surface area (Å²) in [7, 11) is -3.56. The van der Waals surface area contributed by atoms with Crippen LogP contribution in [0.15, 0.2) is 53.4 Å². The Morgan fingerprint density at radius 2 is 1.75 bits per heavy atom. The Kier molecular flexibility index (Phi) is 6.17. The Balaban J connectivity index is 1.74. The zero-order valence-electron chi connectivity index (χ0n) is 16.1. The Morgan fingerprint density at radius 3 is 2.36 bits per heavy atom. The van der Waals surface area contributed by atoms with Crippen LogP contribution in [0.25, 0.3) is 0 Å². The van der Waals surface area contributed by atoms with Crippen LogP contribution < -0.4 is 5.32 Å². The Labute approximate surface area is 166 Å². The third-order valence-corrected chi connectivity index (χ3v) is 6.80. The van der Waals surface area contributed by atoms with Crippen molar-refractivity contribution >= 4 is 21.6 Å². The number of sulfonamides is 1. The molecule has 2 atom stereocenters. The van der Waals surface area contributed by atoms with Crippen molar-refractivity contribution in [3.8, 4) is 0 Å². The van der Waals surface area contributed by atoms with Gasteiger partial charge in [-0.25, -0.2) is 8.42 Å². The molecule has 2 aromatic rings. The fraction of sp³-hybridized carbons (Fsp3) is 0.381. The number of aliphatic hydroxyl groups excluding tert-OH is 1. The molecule has 0 aliphatic carbocycles. The lowest BCUT2D eigenvalue weighted by Crippen LogP contribution is -2.42. The lowest BCUT2D eigenvalue weighted by atomic mass is 9.94. The van der Waals surface area contributed by atoms with E-state index in [4.69, 9.17) is 0 Å². The lowest BCUT2D eigenvalue weighted by molar-refractivity contribution is 0.102. The first-order valence-corrected chi connectivity index (χ1v) is 10.8. The molecular formula is C21H26N2O4S. The first kappa shape index (κ1) is 20.5. The second kappa shape index (κ2) is 8.43. The summed E-state index contributed by atoms with van der Waals surface area (Å²) in [6.45, 7) is 5.07. The van der Waals surface area contributed by atoms with Crippen LogP contribution in [0.5, 0.6) is 0 Å². The van der Waals surface area contributed by atoms with Gasteiger partial charge in [0.05, 0.1) is 11.5 Å². The molecule has 1 aliphatic heterocycles. The van der Waals surface area contributed by atoms with Gasteiger partial charge in [-0.3, -0.25) is 4.79 Å². The van der Waals surface area contributed by atoms with Gasteiger partial charge in [-0.2, -0.15) is 4.31 Å². The summed E-state index contributed by atoms with van der Waals surface area (Å²) in [5, 5.41) is 11.9. The highest BCUT2D eigenvalue weighted by atomic mass is 32.2. The topological polar surface area (TPSA) is 86.7 Å². The highest BCUT2D eigenvalue weighted by Gasteiger charge is 2.31. The monoisotopic (exact) mass is 402 g/mol. The molecule has 150 valence electrons. The molecule has 3 rings (SSSR count). The SMILES string of the molecule is C[C@@H]1C[C@H](C)CN(S(=O)(=O)c2ccc(C(=O)Nc3cccc(CO)c3)cc2)C1. The summed E-state index contributed by atoms with van der Waals surface area (Å²) >= 11 is 0. The normalized spacial score (nSPS) is 20.7. The van der Waals surface area contributed by atoms with Gasteiger partial charge >= 0.3 is 0 Å². The molecule has 2 N–H and O–H groups in total. The smallest absolute Gasteiger partial charge is 0.255 e. The Hall–Kier alpha value is -2.22. The molecule has 1 aliphatic rings. The summed E-state index contributed by atoms with van der Waals surface area (Å²) < 4.78 is 27.4. The molecule has 0 aromatic heterocycles. The Morgan fingerprint density at radius 1 is 1.11 bits per heavy atom. The largest absolute Gasteiger partial charge is 0.392 e. The van der Waals surface area contributed by atoms with Crippen molar-refractivity contribution in [3.63, 3.8) is 0 Å². The van der Waals surface area contributed by atoms with Crippen LogP contribution in [0, 0.1) is 11.8 Å². The van der Waals surface area contributed by atoms with E-state index >= 15 is 0 Å². The van der Waals surface area contributed by atoms with Gasteiger partial charge in [0.2, 0.25) is 10.0 Å². The maximum absolute atomic E-state index is 12.9. The molecular weight excluding hydrogens is 376 g/mol. The minimum absolute atomic E-state index is 0.107. The molecule has 6 nitrogen and oxygen atoms in total. The summed E-state index contributed by atoms with van der Waals surface area (Å²) in [5.74, 6) is 0.329. The quantitative estimate of drug-likeness (QED) is 0.805. The third kappa shape index (κ3) is 4.60. The van der Waals surface area contributed by atoms with Crippen LogP contribution in [-0.2, 0) is 16.6 Å². The van der Waals surface area contributed by atoms with E-state index in [1.54, 1.807) is 28.6 Å². The summed E-state index contributed by atoms with van der Waals surface area (Å²) in [6, 6.07) is 12.9. The van der Waals surface area contributed by atoms with Crippen molar-refractivity contribution in [3.05, 3.63) is 59.7 Å². The van der Waals surface area contributed by atoms with Crippen LogP contribution in [-0.4, -0.2) is 36.8 Å². The molecule has 0 bridgehead atoms. The Bertz CT molecular complexity index is 931. The van der Waals surface area contributed by atoms with Crippen LogP contribution in [0.2, 0.25) is 0 Å². The van der Waals surface area contributed by atoms with Crippen LogP contribution in [0.4, 0.5) is 5.69 Å². The van der Waals surface area contributed by atoms with Gasteiger partial charge in [0.1, 0.15) is 0 Å². The van der Waals surface area contributed by atoms with Gasteiger partial charge in [0, 0.05) is 24.3 Å². The molecule has 2 aromatic carbocycles. The van der Waals surface area contributed by atoms with Gasteiger partial charge in [-0.05, 0) is 60.2 Å². The van der Waals surface area contributed by atoms with E-state index in [2.05, 4.69) is 19.2 Å². The van der Waals surface area contributed by atoms with Crippen molar-refractivity contribution in [2.24, 2.45) is 11.8 Å². The van der Waals surface area contributed by atoms with Crippen molar-refractivity contribution in [1.82, 2.24) is 4.31 Å². The van der Waals surface area contributed by atoms with Crippen LogP contribution >= 0.6 is 0 Å². The van der Waals surface area contributed by atoms with Gasteiger partial charge in [0.25, 0.3) is 5.91 Å². The maximum atomic E-state index is 12.9. The number of nitrogens with one attached hydrogen (secondary N) is 1. The van der Waals surface area contributed by atoms with E-state index in [0.29, 0.717) is 41.7 Å². The minimum atomic E-state index is -3.56. The first-order valence-electron chi connectivity index (χ1n) is 9.41. The van der Waals surface area contributed by atoms with Crippen LogP contribution in [0.1, 0.15) is 36.2 Å². The van der Waals surface area contributed by atoms with Gasteiger partial charge in [-0.1, -0.05) is 26.0 Å². The zero-order valence-corrected chi connectivity index (χ0v) is 16.9. The number of nitrogens with zero attached hydrogens (tertiary/aromatic N) is 1. The van der Waals surface area contributed by atoms with E-state index in [1.165, 1.54) is 24.3 Å². The molecule has 1 saturated heterocycles. The molecule has 0 spiro atoms. The number of amides is 1. The maximum Gasteiger partial charge on any atom is 0.255 e. The minimum Gasteiger partial charge on any atom is -0.392 e. The first-order chi connectivity index (χ1) is 13.3. The summed E-state index contributed by atoms with van der Waals surface area (Å²) in [5.41, 5.74) is 1.64. The van der Waals surface area contributed by atoms with E-state index in [-0.39, 0.29) is 17.4 Å². The highest BCUT2D eigenvalue weighted by molar-refractivity contribution is 7.89. The average molecular weight is 403 g/mol. The van der Waals surface area contributed by atoms with E-state index in [9.17, 15) is 18.3 Å². The third-order valence-electron chi connectivity index (χ3n) is 4.96. The highest BCUT2D eigenvalue weighted by Crippen LogP contribution is 2.26. The fourth-order valence-electron chi connectivity index (χ4n) is 3.68.